The van der Waals surface area contributed by atoms with Crippen LogP contribution in [0.2, 0.25) is 0 Å². The molecule has 0 aliphatic rings. The lowest BCUT2D eigenvalue weighted by molar-refractivity contribution is -0.147. The molecule has 0 saturated heterocycles. The smallest absolute Gasteiger partial charge is 0.326 e. The molecule has 0 radical (unpaired) electrons. The summed E-state index contributed by atoms with van der Waals surface area (Å²) in [7, 11) is 0. The monoisotopic (exact) mass is 616 g/mol. The van der Waals surface area contributed by atoms with Gasteiger partial charge in [-0.25, -0.2) is 4.79 Å². The molecule has 11 N–H and O–H groups in total. The summed E-state index contributed by atoms with van der Waals surface area (Å²) >= 11 is 0. The molecule has 0 spiro atoms. The summed E-state index contributed by atoms with van der Waals surface area (Å²) < 4.78 is 0. The van der Waals surface area contributed by atoms with Crippen LogP contribution < -0.4 is 32.7 Å². The van der Waals surface area contributed by atoms with E-state index in [0.29, 0.717) is 32.2 Å². The van der Waals surface area contributed by atoms with Crippen molar-refractivity contribution in [3.8, 4) is 0 Å². The van der Waals surface area contributed by atoms with Gasteiger partial charge in [0.05, 0.1) is 12.5 Å². The van der Waals surface area contributed by atoms with E-state index in [4.69, 9.17) is 21.7 Å². The average Bonchev–Trinajstić information content (AvgIpc) is 2.91. The van der Waals surface area contributed by atoms with E-state index in [1.807, 2.05) is 12.2 Å². The van der Waals surface area contributed by atoms with Crippen molar-refractivity contribution in [1.29, 1.82) is 0 Å². The number of carboxylic acid groups (broad SMARTS) is 3. The van der Waals surface area contributed by atoms with E-state index in [1.54, 1.807) is 20.8 Å². The van der Waals surface area contributed by atoms with E-state index >= 15 is 0 Å². The lowest BCUT2D eigenvalue weighted by Gasteiger charge is -2.29. The molecule has 0 aliphatic heterocycles. The Balaban J connectivity index is 5.92. The highest BCUT2D eigenvalue weighted by Gasteiger charge is 2.34. The molecular weight excluding hydrogens is 568 g/mol. The van der Waals surface area contributed by atoms with Crippen molar-refractivity contribution < 1.29 is 48.9 Å². The highest BCUT2D eigenvalue weighted by Crippen LogP contribution is 2.12. The molecule has 0 aromatic rings. The highest BCUT2D eigenvalue weighted by atomic mass is 16.4. The highest BCUT2D eigenvalue weighted by molar-refractivity contribution is 5.96. The molecule has 43 heavy (non-hydrogen) atoms. The van der Waals surface area contributed by atoms with Crippen molar-refractivity contribution in [2.45, 2.75) is 109 Å². The number of carboxylic acids is 3. The fourth-order valence-corrected chi connectivity index (χ4v) is 4.02. The van der Waals surface area contributed by atoms with E-state index < -0.39 is 91.0 Å². The zero-order valence-electron chi connectivity index (χ0n) is 25.3. The Morgan fingerprint density at radius 2 is 1.26 bits per heavy atom. The molecule has 0 aromatic carbocycles. The summed E-state index contributed by atoms with van der Waals surface area (Å²) in [5, 5.41) is 36.9. The Morgan fingerprint density at radius 3 is 1.74 bits per heavy atom. The van der Waals surface area contributed by atoms with E-state index in [9.17, 15) is 38.7 Å². The molecule has 0 bridgehead atoms. The topological polar surface area (TPSA) is 280 Å². The molecule has 0 rings (SSSR count). The summed E-state index contributed by atoms with van der Waals surface area (Å²) in [5.41, 5.74) is 11.5. The second-order valence-electron chi connectivity index (χ2n) is 10.9. The lowest BCUT2D eigenvalue weighted by atomic mass is 9.96. The average molecular weight is 617 g/mol. The minimum Gasteiger partial charge on any atom is -0.481 e. The zero-order chi connectivity index (χ0) is 33.3. The Labute approximate surface area is 251 Å². The van der Waals surface area contributed by atoms with Gasteiger partial charge in [0.25, 0.3) is 0 Å². The van der Waals surface area contributed by atoms with Gasteiger partial charge in [-0.3, -0.25) is 28.8 Å². The van der Waals surface area contributed by atoms with Crippen molar-refractivity contribution in [3.63, 3.8) is 0 Å². The van der Waals surface area contributed by atoms with E-state index in [2.05, 4.69) is 16.0 Å². The van der Waals surface area contributed by atoms with Crippen LogP contribution >= 0.6 is 0 Å². The standard InChI is InChI=1S/C27H48N6O10/c1-5-15(4)22(33-23(38)16(29)8-6-7-11-28)26(41)31-18(12-14(2)3)25(40)30-17(9-10-20(34)35)24(39)32-19(27(42)43)13-21(36)37/h14-19,22H,5-13,28-29H2,1-4H3,(H,30,40)(H,31,41)(H,32,39)(H,33,38)(H,34,35)(H,36,37)(H,42,43)/t15-,16-,17-,18-,19-,22-/m0/s1. The number of amides is 4. The minimum atomic E-state index is -1.83. The molecule has 6 atom stereocenters. The van der Waals surface area contributed by atoms with Gasteiger partial charge in [0.2, 0.25) is 23.6 Å². The van der Waals surface area contributed by atoms with E-state index in [-0.39, 0.29) is 18.3 Å². The molecule has 16 heteroatoms. The maximum atomic E-state index is 13.4. The molecule has 246 valence electrons. The summed E-state index contributed by atoms with van der Waals surface area (Å²) in [4.78, 5) is 85.8. The van der Waals surface area contributed by atoms with Gasteiger partial charge in [0.15, 0.2) is 0 Å². The quantitative estimate of drug-likeness (QED) is 0.0655. The van der Waals surface area contributed by atoms with Crippen LogP contribution in [0.5, 0.6) is 0 Å². The first kappa shape index (κ1) is 39.2. The number of aliphatic carboxylic acids is 3. The summed E-state index contributed by atoms with van der Waals surface area (Å²) in [6.07, 6.45) is 0.303. The maximum absolute atomic E-state index is 13.4. The number of rotatable bonds is 22. The fourth-order valence-electron chi connectivity index (χ4n) is 4.02. The number of unbranched alkanes of at least 4 members (excludes halogenated alkanes) is 1. The lowest BCUT2D eigenvalue weighted by Crippen LogP contribution is -2.59. The van der Waals surface area contributed by atoms with Crippen LogP contribution in [0, 0.1) is 11.8 Å². The summed E-state index contributed by atoms with van der Waals surface area (Å²) in [5.74, 6) is -8.09. The first-order valence-electron chi connectivity index (χ1n) is 14.4. The normalized spacial score (nSPS) is 15.2. The number of hydrogen-bond donors (Lipinski definition) is 9. The summed E-state index contributed by atoms with van der Waals surface area (Å²) in [6, 6.07) is -6.52. The maximum Gasteiger partial charge on any atom is 0.326 e. The minimum absolute atomic E-state index is 0.0986. The SMILES string of the molecule is CC[C@H](C)[C@H](NC(=O)[C@@H](N)CCCCN)C(=O)N[C@@H](CC(C)C)C(=O)N[C@@H](CCC(=O)O)C(=O)N[C@@H](CC(=O)O)C(=O)O. The molecule has 0 aliphatic carbocycles. The van der Waals surface area contributed by atoms with Crippen molar-refractivity contribution >= 4 is 41.5 Å². The third kappa shape index (κ3) is 15.9. The Kier molecular flexibility index (Phi) is 18.4. The first-order chi connectivity index (χ1) is 20.0. The van der Waals surface area contributed by atoms with E-state index in [1.165, 1.54) is 0 Å². The molecular formula is C27H48N6O10. The Hall–Kier alpha value is -3.79. The van der Waals surface area contributed by atoms with E-state index in [0.717, 1.165) is 0 Å². The molecule has 0 aromatic heterocycles. The van der Waals surface area contributed by atoms with Crippen LogP contribution in [-0.2, 0) is 33.6 Å². The molecule has 0 unspecified atom stereocenters. The van der Waals surface area contributed by atoms with Crippen molar-refractivity contribution in [2.75, 3.05) is 6.54 Å². The number of nitrogens with one attached hydrogen (secondary N) is 4. The largest absolute Gasteiger partial charge is 0.481 e. The van der Waals surface area contributed by atoms with Gasteiger partial charge in [0, 0.05) is 6.42 Å². The van der Waals surface area contributed by atoms with Crippen LogP contribution in [0.3, 0.4) is 0 Å². The Bertz CT molecular complexity index is 976. The predicted octanol–water partition coefficient (Wildman–Crippen LogP) is -1.10. The summed E-state index contributed by atoms with van der Waals surface area (Å²) in [6.45, 7) is 7.56. The fraction of sp³-hybridized carbons (Fsp3) is 0.741. The van der Waals surface area contributed by atoms with Crippen LogP contribution in [0.1, 0.15) is 79.1 Å². The number of nitrogens with two attached hydrogens (primary N) is 2. The molecule has 0 saturated carbocycles. The van der Waals surface area contributed by atoms with Crippen LogP contribution in [0.15, 0.2) is 0 Å². The van der Waals surface area contributed by atoms with Crippen molar-refractivity contribution in [1.82, 2.24) is 21.3 Å². The third-order valence-corrected chi connectivity index (χ3v) is 6.71. The molecule has 4 amide bonds. The van der Waals surface area contributed by atoms with Gasteiger partial charge < -0.3 is 48.1 Å². The Morgan fingerprint density at radius 1 is 0.698 bits per heavy atom. The van der Waals surface area contributed by atoms with Gasteiger partial charge in [-0.05, 0) is 44.1 Å². The zero-order valence-corrected chi connectivity index (χ0v) is 25.3. The van der Waals surface area contributed by atoms with Gasteiger partial charge in [-0.15, -0.1) is 0 Å². The van der Waals surface area contributed by atoms with Crippen molar-refractivity contribution in [2.24, 2.45) is 23.3 Å². The van der Waals surface area contributed by atoms with Gasteiger partial charge in [-0.2, -0.15) is 0 Å². The van der Waals surface area contributed by atoms with Gasteiger partial charge in [-0.1, -0.05) is 40.5 Å². The van der Waals surface area contributed by atoms with Crippen LogP contribution in [0.4, 0.5) is 0 Å². The number of hydrogen-bond acceptors (Lipinski definition) is 9. The van der Waals surface area contributed by atoms with Crippen LogP contribution in [0.25, 0.3) is 0 Å². The third-order valence-electron chi connectivity index (χ3n) is 6.71. The van der Waals surface area contributed by atoms with Crippen molar-refractivity contribution in [3.05, 3.63) is 0 Å². The predicted molar refractivity (Wildman–Crippen MR) is 154 cm³/mol. The second kappa shape index (κ2) is 20.2. The number of carbonyl (C=O) groups is 7. The number of carbonyl (C=O) groups excluding carboxylic acids is 4. The molecule has 0 heterocycles. The van der Waals surface area contributed by atoms with Gasteiger partial charge >= 0.3 is 17.9 Å². The second-order valence-corrected chi connectivity index (χ2v) is 10.9. The molecule has 0 fully saturated rings. The van der Waals surface area contributed by atoms with Gasteiger partial charge in [0.1, 0.15) is 24.2 Å². The molecule has 16 nitrogen and oxygen atoms in total. The first-order valence-corrected chi connectivity index (χ1v) is 14.4. The van der Waals surface area contributed by atoms with Crippen LogP contribution in [-0.4, -0.2) is 93.6 Å².